The summed E-state index contributed by atoms with van der Waals surface area (Å²) in [5.41, 5.74) is 0.236. The summed E-state index contributed by atoms with van der Waals surface area (Å²) >= 11 is 0. The van der Waals surface area contributed by atoms with Crippen molar-refractivity contribution in [2.75, 3.05) is 6.54 Å². The van der Waals surface area contributed by atoms with Gasteiger partial charge in [-0.2, -0.15) is 0 Å². The zero-order valence-electron chi connectivity index (χ0n) is 11.2. The lowest BCUT2D eigenvalue weighted by Crippen LogP contribution is -2.34. The number of hydrogen-bond acceptors (Lipinski definition) is 3. The molecule has 1 amide bonds. The molecule has 21 heavy (non-hydrogen) atoms. The molecule has 0 saturated heterocycles. The molecule has 2 aromatic rings. The van der Waals surface area contributed by atoms with Crippen LogP contribution in [0.15, 0.2) is 53.5 Å². The number of carbonyl (C=O) groups is 1. The summed E-state index contributed by atoms with van der Waals surface area (Å²) < 4.78 is 14.0. The number of aliphatic hydroxyl groups is 1. The summed E-state index contributed by atoms with van der Waals surface area (Å²) in [5.74, 6) is -0.775. The van der Waals surface area contributed by atoms with Crippen molar-refractivity contribution >= 4 is 5.91 Å². The predicted molar refractivity (Wildman–Crippen MR) is 75.1 cm³/mol. The van der Waals surface area contributed by atoms with E-state index < -0.39 is 11.9 Å². The molecule has 5 nitrogen and oxygen atoms in total. The molecule has 0 aliphatic carbocycles. The predicted octanol–water partition coefficient (Wildman–Crippen LogP) is 0.837. The number of aromatic nitrogens is 1. The molecule has 1 aromatic heterocycles. The third-order valence-corrected chi connectivity index (χ3v) is 2.96. The summed E-state index contributed by atoms with van der Waals surface area (Å²) in [7, 11) is 0. The number of nitrogens with one attached hydrogen (secondary N) is 1. The average molecular weight is 290 g/mol. The number of nitrogens with zero attached hydrogens (tertiary/aromatic N) is 1. The van der Waals surface area contributed by atoms with Gasteiger partial charge in [-0.1, -0.05) is 18.2 Å². The second-order valence-corrected chi connectivity index (χ2v) is 4.54. The van der Waals surface area contributed by atoms with Crippen molar-refractivity contribution in [3.05, 3.63) is 70.4 Å². The van der Waals surface area contributed by atoms with Gasteiger partial charge in [-0.3, -0.25) is 9.59 Å². The number of carbonyl (C=O) groups excluding carboxylic acids is 1. The zero-order chi connectivity index (χ0) is 15.2. The zero-order valence-corrected chi connectivity index (χ0v) is 11.2. The topological polar surface area (TPSA) is 71.3 Å². The van der Waals surface area contributed by atoms with Crippen LogP contribution < -0.4 is 10.9 Å². The van der Waals surface area contributed by atoms with Crippen molar-refractivity contribution in [3.63, 3.8) is 0 Å². The highest BCUT2D eigenvalue weighted by molar-refractivity contribution is 5.75. The molecule has 2 rings (SSSR count). The molecule has 0 saturated carbocycles. The lowest BCUT2D eigenvalue weighted by atomic mass is 10.1. The van der Waals surface area contributed by atoms with E-state index in [0.717, 1.165) is 0 Å². The molecule has 0 radical (unpaired) electrons. The normalized spacial score (nSPS) is 11.9. The first-order valence-electron chi connectivity index (χ1n) is 6.42. The number of rotatable bonds is 5. The van der Waals surface area contributed by atoms with E-state index in [0.29, 0.717) is 5.56 Å². The highest BCUT2D eigenvalue weighted by Gasteiger charge is 2.10. The minimum Gasteiger partial charge on any atom is -0.387 e. The maximum Gasteiger partial charge on any atom is 0.250 e. The van der Waals surface area contributed by atoms with E-state index in [-0.39, 0.29) is 24.6 Å². The Morgan fingerprint density at radius 2 is 1.95 bits per heavy atom. The Hall–Kier alpha value is -2.47. The van der Waals surface area contributed by atoms with Gasteiger partial charge in [-0.25, -0.2) is 4.39 Å². The maximum absolute atomic E-state index is 12.8. The third kappa shape index (κ3) is 4.25. The number of pyridine rings is 1. The summed E-state index contributed by atoms with van der Waals surface area (Å²) in [6.07, 6.45) is 0.584. The number of hydrogen-bond donors (Lipinski definition) is 2. The van der Waals surface area contributed by atoms with Crippen LogP contribution in [0.5, 0.6) is 0 Å². The summed E-state index contributed by atoms with van der Waals surface area (Å²) in [6, 6.07) is 9.99. The highest BCUT2D eigenvalue weighted by Crippen LogP contribution is 2.12. The molecule has 1 aromatic carbocycles. The minimum absolute atomic E-state index is 0.00789. The Bertz CT molecular complexity index is 667. The summed E-state index contributed by atoms with van der Waals surface area (Å²) in [5, 5.41) is 12.4. The van der Waals surface area contributed by atoms with Gasteiger partial charge in [0.1, 0.15) is 12.4 Å². The van der Waals surface area contributed by atoms with Gasteiger partial charge in [0.25, 0.3) is 5.56 Å². The highest BCUT2D eigenvalue weighted by atomic mass is 19.1. The van der Waals surface area contributed by atoms with Crippen molar-refractivity contribution < 1.29 is 14.3 Å². The first-order valence-corrected chi connectivity index (χ1v) is 6.42. The largest absolute Gasteiger partial charge is 0.387 e. The van der Waals surface area contributed by atoms with Gasteiger partial charge >= 0.3 is 0 Å². The monoisotopic (exact) mass is 290 g/mol. The standard InChI is InChI=1S/C15H15FN2O3/c16-12-6-4-11(5-7-12)13(19)9-17-14(20)10-18-8-2-1-3-15(18)21/h1-8,13,19H,9-10H2,(H,17,20). The molecule has 1 atom stereocenters. The van der Waals surface area contributed by atoms with Crippen molar-refractivity contribution in [2.24, 2.45) is 0 Å². The molecule has 110 valence electrons. The number of aliphatic hydroxyl groups excluding tert-OH is 1. The molecule has 0 fully saturated rings. The Labute approximate surface area is 120 Å². The van der Waals surface area contributed by atoms with Gasteiger partial charge in [-0.15, -0.1) is 0 Å². The van der Waals surface area contributed by atoms with Gasteiger partial charge in [0, 0.05) is 18.8 Å². The fourth-order valence-electron chi connectivity index (χ4n) is 1.82. The van der Waals surface area contributed by atoms with Crippen LogP contribution in [0.25, 0.3) is 0 Å². The Balaban J connectivity index is 1.88. The molecule has 6 heteroatoms. The quantitative estimate of drug-likeness (QED) is 0.857. The maximum atomic E-state index is 12.8. The molecule has 0 spiro atoms. The molecule has 0 aliphatic heterocycles. The van der Waals surface area contributed by atoms with E-state index in [1.54, 1.807) is 12.1 Å². The summed E-state index contributed by atoms with van der Waals surface area (Å²) in [4.78, 5) is 23.2. The molecular formula is C15H15FN2O3. The Morgan fingerprint density at radius 3 is 2.62 bits per heavy atom. The van der Waals surface area contributed by atoms with E-state index in [1.165, 1.54) is 41.1 Å². The Morgan fingerprint density at radius 1 is 1.24 bits per heavy atom. The SMILES string of the molecule is O=C(Cn1ccccc1=O)NCC(O)c1ccc(F)cc1. The molecule has 2 N–H and O–H groups in total. The lowest BCUT2D eigenvalue weighted by Gasteiger charge is -2.12. The molecular weight excluding hydrogens is 275 g/mol. The van der Waals surface area contributed by atoms with Crippen molar-refractivity contribution in [3.8, 4) is 0 Å². The van der Waals surface area contributed by atoms with Crippen LogP contribution in [0.2, 0.25) is 0 Å². The lowest BCUT2D eigenvalue weighted by molar-refractivity contribution is -0.122. The van der Waals surface area contributed by atoms with Gasteiger partial charge in [0.2, 0.25) is 5.91 Å². The van der Waals surface area contributed by atoms with E-state index in [4.69, 9.17) is 0 Å². The van der Waals surface area contributed by atoms with E-state index in [9.17, 15) is 19.1 Å². The van der Waals surface area contributed by atoms with E-state index >= 15 is 0 Å². The second-order valence-electron chi connectivity index (χ2n) is 4.54. The first-order chi connectivity index (χ1) is 10.1. The second kappa shape index (κ2) is 6.81. The fraction of sp³-hybridized carbons (Fsp3) is 0.200. The van der Waals surface area contributed by atoms with Gasteiger partial charge in [0.05, 0.1) is 6.10 Å². The van der Waals surface area contributed by atoms with Gasteiger partial charge in [0.15, 0.2) is 0 Å². The van der Waals surface area contributed by atoms with E-state index in [1.807, 2.05) is 0 Å². The molecule has 1 unspecified atom stereocenters. The first kappa shape index (κ1) is 14.9. The minimum atomic E-state index is -0.929. The van der Waals surface area contributed by atoms with Crippen LogP contribution in [0, 0.1) is 5.82 Å². The number of benzene rings is 1. The number of halogens is 1. The fourth-order valence-corrected chi connectivity index (χ4v) is 1.82. The van der Waals surface area contributed by atoms with Crippen molar-refractivity contribution in [2.45, 2.75) is 12.6 Å². The van der Waals surface area contributed by atoms with Crippen molar-refractivity contribution in [1.29, 1.82) is 0 Å². The van der Waals surface area contributed by atoms with Crippen LogP contribution in [0.3, 0.4) is 0 Å². The van der Waals surface area contributed by atoms with Crippen LogP contribution in [0.1, 0.15) is 11.7 Å². The number of amides is 1. The molecule has 0 aliphatic rings. The van der Waals surface area contributed by atoms with Crippen LogP contribution in [-0.2, 0) is 11.3 Å². The van der Waals surface area contributed by atoms with Gasteiger partial charge in [-0.05, 0) is 23.8 Å². The summed E-state index contributed by atoms with van der Waals surface area (Å²) in [6.45, 7) is -0.123. The van der Waals surface area contributed by atoms with Crippen LogP contribution >= 0.6 is 0 Å². The van der Waals surface area contributed by atoms with Crippen LogP contribution in [0.4, 0.5) is 4.39 Å². The van der Waals surface area contributed by atoms with Crippen molar-refractivity contribution in [1.82, 2.24) is 9.88 Å². The van der Waals surface area contributed by atoms with E-state index in [2.05, 4.69) is 5.32 Å². The third-order valence-electron chi connectivity index (χ3n) is 2.96. The Kier molecular flexibility index (Phi) is 4.84. The average Bonchev–Trinajstić information content (AvgIpc) is 2.48. The molecule has 0 bridgehead atoms. The van der Waals surface area contributed by atoms with Crippen LogP contribution in [-0.4, -0.2) is 22.1 Å². The smallest absolute Gasteiger partial charge is 0.250 e. The van der Waals surface area contributed by atoms with Gasteiger partial charge < -0.3 is 15.0 Å². The molecule has 1 heterocycles.